The van der Waals surface area contributed by atoms with Gasteiger partial charge >= 0.3 is 0 Å². The molecule has 0 bridgehead atoms. The maximum Gasteiger partial charge on any atom is 0.00390 e. The molecule has 0 aromatic rings. The molecule has 0 spiro atoms. The van der Waals surface area contributed by atoms with Crippen LogP contribution in [0.15, 0.2) is 0 Å². The highest BCUT2D eigenvalue weighted by Crippen LogP contribution is 2.37. The first kappa shape index (κ1) is 17.3. The second-order valence-electron chi connectivity index (χ2n) is 8.28. The van der Waals surface area contributed by atoms with E-state index < -0.39 is 0 Å². The van der Waals surface area contributed by atoms with Crippen molar-refractivity contribution in [2.24, 2.45) is 29.4 Å². The van der Waals surface area contributed by atoms with Gasteiger partial charge in [0.2, 0.25) is 0 Å². The molecule has 2 N–H and O–H groups in total. The van der Waals surface area contributed by atoms with Crippen LogP contribution in [-0.4, -0.2) is 6.04 Å². The molecule has 0 heterocycles. The fourth-order valence-corrected chi connectivity index (χ4v) is 4.89. The first-order valence-electron chi connectivity index (χ1n) is 9.94. The van der Waals surface area contributed by atoms with E-state index >= 15 is 0 Å². The average molecular weight is 294 g/mol. The molecule has 0 saturated heterocycles. The molecule has 0 amide bonds. The first-order valence-corrected chi connectivity index (χ1v) is 9.94. The highest BCUT2D eigenvalue weighted by molar-refractivity contribution is 4.80. The van der Waals surface area contributed by atoms with E-state index in [9.17, 15) is 0 Å². The molecule has 0 radical (unpaired) electrons. The molecule has 0 aromatic carbocycles. The van der Waals surface area contributed by atoms with E-state index in [1.165, 1.54) is 83.5 Å². The van der Waals surface area contributed by atoms with Crippen molar-refractivity contribution in [2.75, 3.05) is 0 Å². The van der Waals surface area contributed by atoms with Gasteiger partial charge in [-0.3, -0.25) is 0 Å². The summed E-state index contributed by atoms with van der Waals surface area (Å²) in [6, 6.07) is 0.507. The van der Waals surface area contributed by atoms with Crippen molar-refractivity contribution in [3.8, 4) is 0 Å². The second-order valence-corrected chi connectivity index (χ2v) is 8.28. The zero-order chi connectivity index (χ0) is 15.1. The Hall–Kier alpha value is -0.0400. The zero-order valence-electron chi connectivity index (χ0n) is 14.7. The largest absolute Gasteiger partial charge is 0.328 e. The van der Waals surface area contributed by atoms with Crippen LogP contribution in [0.4, 0.5) is 0 Å². The van der Waals surface area contributed by atoms with Gasteiger partial charge in [0, 0.05) is 6.04 Å². The minimum Gasteiger partial charge on any atom is -0.328 e. The van der Waals surface area contributed by atoms with Gasteiger partial charge in [0.1, 0.15) is 0 Å². The van der Waals surface area contributed by atoms with Crippen LogP contribution in [0.25, 0.3) is 0 Å². The summed E-state index contributed by atoms with van der Waals surface area (Å²) < 4.78 is 0. The third-order valence-corrected chi connectivity index (χ3v) is 6.47. The number of rotatable bonds is 7. The molecular weight excluding hydrogens is 254 g/mol. The predicted octanol–water partition coefficient (Wildman–Crippen LogP) is 5.92. The van der Waals surface area contributed by atoms with Crippen LogP contribution < -0.4 is 5.73 Å². The van der Waals surface area contributed by atoms with Crippen LogP contribution in [0.2, 0.25) is 0 Å². The van der Waals surface area contributed by atoms with Crippen LogP contribution in [0, 0.1) is 23.7 Å². The molecule has 2 saturated carbocycles. The van der Waals surface area contributed by atoms with E-state index in [2.05, 4.69) is 13.8 Å². The van der Waals surface area contributed by atoms with Crippen molar-refractivity contribution >= 4 is 0 Å². The molecule has 0 aromatic heterocycles. The van der Waals surface area contributed by atoms with E-state index in [-0.39, 0.29) is 0 Å². The highest BCUT2D eigenvalue weighted by atomic mass is 14.6. The summed E-state index contributed by atoms with van der Waals surface area (Å²) in [5.41, 5.74) is 6.08. The summed E-state index contributed by atoms with van der Waals surface area (Å²) in [5, 5.41) is 0. The lowest BCUT2D eigenvalue weighted by Crippen LogP contribution is -2.29. The van der Waals surface area contributed by atoms with Gasteiger partial charge in [0.25, 0.3) is 0 Å². The van der Waals surface area contributed by atoms with E-state index in [1.807, 2.05) is 0 Å². The Kier molecular flexibility index (Phi) is 7.57. The third kappa shape index (κ3) is 5.93. The van der Waals surface area contributed by atoms with Crippen LogP contribution in [-0.2, 0) is 0 Å². The van der Waals surface area contributed by atoms with Crippen molar-refractivity contribution in [3.63, 3.8) is 0 Å². The Morgan fingerprint density at radius 1 is 0.905 bits per heavy atom. The number of hydrogen-bond acceptors (Lipinski definition) is 1. The minimum absolute atomic E-state index is 0.507. The summed E-state index contributed by atoms with van der Waals surface area (Å²) in [4.78, 5) is 0. The number of nitrogens with two attached hydrogens (primary N) is 1. The van der Waals surface area contributed by atoms with Crippen molar-refractivity contribution in [1.29, 1.82) is 0 Å². The molecule has 1 heteroatoms. The average Bonchev–Trinajstić information content (AvgIpc) is 2.49. The van der Waals surface area contributed by atoms with Gasteiger partial charge in [0.05, 0.1) is 0 Å². The Balaban J connectivity index is 1.67. The summed E-state index contributed by atoms with van der Waals surface area (Å²) in [5.74, 6) is 4.06. The van der Waals surface area contributed by atoms with Crippen molar-refractivity contribution in [1.82, 2.24) is 0 Å². The van der Waals surface area contributed by atoms with E-state index in [4.69, 9.17) is 5.73 Å². The molecule has 124 valence electrons. The summed E-state index contributed by atoms with van der Waals surface area (Å²) in [7, 11) is 0. The molecular formula is C20H39N. The highest BCUT2D eigenvalue weighted by Gasteiger charge is 2.26. The van der Waals surface area contributed by atoms with Crippen molar-refractivity contribution in [3.05, 3.63) is 0 Å². The molecule has 2 aliphatic rings. The molecule has 2 aliphatic carbocycles. The van der Waals surface area contributed by atoms with Gasteiger partial charge in [-0.2, -0.15) is 0 Å². The zero-order valence-corrected chi connectivity index (χ0v) is 14.7. The standard InChI is InChI=1S/C20H39N/c1-3-5-18(19-12-14-20(21)15-13-19)7-4-6-17-10-8-16(2)9-11-17/h16-20H,3-15,21H2,1-2H3/t16?,17?,18-,19?,20?/m1/s1. The Morgan fingerprint density at radius 2 is 1.57 bits per heavy atom. The maximum absolute atomic E-state index is 6.08. The minimum atomic E-state index is 0.507. The van der Waals surface area contributed by atoms with Crippen LogP contribution in [0.3, 0.4) is 0 Å². The van der Waals surface area contributed by atoms with Gasteiger partial charge in [-0.1, -0.05) is 71.6 Å². The second kappa shape index (κ2) is 9.18. The van der Waals surface area contributed by atoms with Crippen molar-refractivity contribution in [2.45, 2.75) is 103 Å². The van der Waals surface area contributed by atoms with Gasteiger partial charge in [-0.15, -0.1) is 0 Å². The van der Waals surface area contributed by atoms with Gasteiger partial charge < -0.3 is 5.73 Å². The Labute approximate surface area is 133 Å². The summed E-state index contributed by atoms with van der Waals surface area (Å²) >= 11 is 0. The van der Waals surface area contributed by atoms with Gasteiger partial charge in [-0.25, -0.2) is 0 Å². The fraction of sp³-hybridized carbons (Fsp3) is 1.00. The quantitative estimate of drug-likeness (QED) is 0.619. The third-order valence-electron chi connectivity index (χ3n) is 6.47. The molecule has 1 nitrogen and oxygen atoms in total. The first-order chi connectivity index (χ1) is 10.2. The van der Waals surface area contributed by atoms with Crippen molar-refractivity contribution < 1.29 is 0 Å². The molecule has 21 heavy (non-hydrogen) atoms. The molecule has 2 fully saturated rings. The normalized spacial score (nSPS) is 35.6. The van der Waals surface area contributed by atoms with E-state index in [0.29, 0.717) is 6.04 Å². The van der Waals surface area contributed by atoms with Gasteiger partial charge in [0.15, 0.2) is 0 Å². The number of hydrogen-bond donors (Lipinski definition) is 1. The van der Waals surface area contributed by atoms with E-state index in [0.717, 1.165) is 23.7 Å². The van der Waals surface area contributed by atoms with Crippen LogP contribution >= 0.6 is 0 Å². The Bertz CT molecular complexity index is 259. The SMILES string of the molecule is CCC[C@H](CCCC1CCC(C)CC1)C1CCC(N)CC1. The predicted molar refractivity (Wildman–Crippen MR) is 93.3 cm³/mol. The molecule has 1 atom stereocenters. The molecule has 0 aliphatic heterocycles. The lowest BCUT2D eigenvalue weighted by molar-refractivity contribution is 0.198. The maximum atomic E-state index is 6.08. The monoisotopic (exact) mass is 293 g/mol. The fourth-order valence-electron chi connectivity index (χ4n) is 4.89. The van der Waals surface area contributed by atoms with Crippen LogP contribution in [0.5, 0.6) is 0 Å². The smallest absolute Gasteiger partial charge is 0.00390 e. The lowest BCUT2D eigenvalue weighted by Gasteiger charge is -2.33. The summed E-state index contributed by atoms with van der Waals surface area (Å²) in [6.07, 6.45) is 18.7. The molecule has 2 rings (SSSR count). The molecule has 0 unspecified atom stereocenters. The summed E-state index contributed by atoms with van der Waals surface area (Å²) in [6.45, 7) is 4.80. The Morgan fingerprint density at radius 3 is 2.19 bits per heavy atom. The van der Waals surface area contributed by atoms with Crippen LogP contribution in [0.1, 0.15) is 97.3 Å². The van der Waals surface area contributed by atoms with E-state index in [1.54, 1.807) is 0 Å². The lowest BCUT2D eigenvalue weighted by atomic mass is 9.74. The van der Waals surface area contributed by atoms with Gasteiger partial charge in [-0.05, 0) is 49.4 Å². The topological polar surface area (TPSA) is 26.0 Å².